The van der Waals surface area contributed by atoms with Crippen molar-refractivity contribution in [3.63, 3.8) is 0 Å². The van der Waals surface area contributed by atoms with Gasteiger partial charge in [0.1, 0.15) is 13.2 Å². The van der Waals surface area contributed by atoms with Crippen molar-refractivity contribution in [3.05, 3.63) is 23.8 Å². The van der Waals surface area contributed by atoms with E-state index in [4.69, 9.17) is 9.47 Å². The molecule has 2 fully saturated rings. The predicted molar refractivity (Wildman–Crippen MR) is 93.9 cm³/mol. The summed E-state index contributed by atoms with van der Waals surface area (Å²) in [7, 11) is 0. The van der Waals surface area contributed by atoms with Gasteiger partial charge in [0, 0.05) is 12.5 Å². The summed E-state index contributed by atoms with van der Waals surface area (Å²) in [4.78, 5) is 15.0. The zero-order valence-electron chi connectivity index (χ0n) is 15.0. The normalized spacial score (nSPS) is 30.0. The van der Waals surface area contributed by atoms with Gasteiger partial charge in [-0.15, -0.1) is 0 Å². The van der Waals surface area contributed by atoms with Crippen LogP contribution in [0.5, 0.6) is 11.5 Å². The zero-order valence-corrected chi connectivity index (χ0v) is 15.0. The molecule has 136 valence electrons. The molecule has 1 saturated carbocycles. The average Bonchev–Trinajstić information content (AvgIpc) is 3.41. The van der Waals surface area contributed by atoms with Gasteiger partial charge in [-0.3, -0.25) is 4.79 Å². The highest BCUT2D eigenvalue weighted by atomic mass is 16.6. The highest BCUT2D eigenvalue weighted by Gasteiger charge is 2.48. The molecule has 4 rings (SSSR count). The van der Waals surface area contributed by atoms with Crippen LogP contribution in [0.2, 0.25) is 0 Å². The molecule has 1 aromatic rings. The standard InChI is InChI=1S/C20H27NO4/c1-20(2)6-5-14(11-22)21(12-20)19(23)16-10-15(16)13-3-4-17-18(9-13)25-8-7-24-17/h3-4,9,14-16,22H,5-8,10-12H2,1-2H3. The lowest BCUT2D eigenvalue weighted by molar-refractivity contribution is -0.140. The predicted octanol–water partition coefficient (Wildman–Crippen LogP) is 2.57. The number of rotatable bonds is 3. The number of likely N-dealkylation sites (tertiary alicyclic amines) is 1. The number of hydrogen-bond donors (Lipinski definition) is 1. The molecule has 2 aliphatic heterocycles. The van der Waals surface area contributed by atoms with E-state index in [-0.39, 0.29) is 35.8 Å². The second-order valence-corrected chi connectivity index (χ2v) is 8.36. The molecule has 1 aromatic carbocycles. The van der Waals surface area contributed by atoms with Gasteiger partial charge in [0.05, 0.1) is 12.6 Å². The summed E-state index contributed by atoms with van der Waals surface area (Å²) in [5.74, 6) is 2.07. The molecule has 0 aromatic heterocycles. The number of fused-ring (bicyclic) bond motifs is 1. The van der Waals surface area contributed by atoms with E-state index in [1.165, 1.54) is 0 Å². The van der Waals surface area contributed by atoms with Crippen molar-refractivity contribution in [1.29, 1.82) is 0 Å². The Balaban J connectivity index is 1.47. The number of ether oxygens (including phenoxy) is 2. The van der Waals surface area contributed by atoms with Crippen LogP contribution in [0.3, 0.4) is 0 Å². The molecular weight excluding hydrogens is 318 g/mol. The third-order valence-electron chi connectivity index (χ3n) is 5.79. The Morgan fingerprint density at radius 3 is 2.80 bits per heavy atom. The maximum Gasteiger partial charge on any atom is 0.226 e. The van der Waals surface area contributed by atoms with E-state index in [0.717, 1.165) is 42.9 Å². The first-order chi connectivity index (χ1) is 12.0. The number of amides is 1. The third kappa shape index (κ3) is 3.22. The number of aliphatic hydroxyl groups is 1. The molecule has 5 nitrogen and oxygen atoms in total. The maximum absolute atomic E-state index is 13.0. The van der Waals surface area contributed by atoms with Gasteiger partial charge in [0.15, 0.2) is 11.5 Å². The SMILES string of the molecule is CC1(C)CCC(CO)N(C(=O)C2CC2c2ccc3c(c2)OCCO3)C1. The van der Waals surface area contributed by atoms with Gasteiger partial charge >= 0.3 is 0 Å². The molecule has 1 amide bonds. The topological polar surface area (TPSA) is 59.0 Å². The number of hydrogen-bond acceptors (Lipinski definition) is 4. The fourth-order valence-electron chi connectivity index (χ4n) is 4.17. The van der Waals surface area contributed by atoms with Gasteiger partial charge < -0.3 is 19.5 Å². The van der Waals surface area contributed by atoms with Crippen molar-refractivity contribution >= 4 is 5.91 Å². The summed E-state index contributed by atoms with van der Waals surface area (Å²) >= 11 is 0. The number of carbonyl (C=O) groups is 1. The number of aliphatic hydroxyl groups excluding tert-OH is 1. The van der Waals surface area contributed by atoms with Crippen molar-refractivity contribution in [1.82, 2.24) is 4.90 Å². The quantitative estimate of drug-likeness (QED) is 0.915. The Labute approximate surface area is 148 Å². The Bertz CT molecular complexity index is 672. The molecule has 3 atom stereocenters. The molecule has 1 aliphatic carbocycles. The van der Waals surface area contributed by atoms with Gasteiger partial charge in [-0.2, -0.15) is 0 Å². The molecule has 1 N–H and O–H groups in total. The van der Waals surface area contributed by atoms with Gasteiger partial charge in [-0.1, -0.05) is 19.9 Å². The van der Waals surface area contributed by atoms with Crippen LogP contribution in [0.25, 0.3) is 0 Å². The minimum Gasteiger partial charge on any atom is -0.486 e. The van der Waals surface area contributed by atoms with Crippen LogP contribution < -0.4 is 9.47 Å². The Morgan fingerprint density at radius 1 is 1.28 bits per heavy atom. The average molecular weight is 345 g/mol. The Hall–Kier alpha value is -1.75. The summed E-state index contributed by atoms with van der Waals surface area (Å²) in [6, 6.07) is 6.00. The van der Waals surface area contributed by atoms with Gasteiger partial charge in [-0.05, 0) is 48.3 Å². The van der Waals surface area contributed by atoms with E-state index in [9.17, 15) is 9.90 Å². The molecule has 3 aliphatic rings. The molecule has 3 unspecified atom stereocenters. The first-order valence-electron chi connectivity index (χ1n) is 9.29. The van der Waals surface area contributed by atoms with E-state index in [1.54, 1.807) is 0 Å². The lowest BCUT2D eigenvalue weighted by Crippen LogP contribution is -2.51. The fraction of sp³-hybridized carbons (Fsp3) is 0.650. The van der Waals surface area contributed by atoms with Crippen LogP contribution in [-0.4, -0.2) is 48.3 Å². The first-order valence-corrected chi connectivity index (χ1v) is 9.29. The molecule has 0 radical (unpaired) electrons. The largest absolute Gasteiger partial charge is 0.486 e. The molecule has 2 heterocycles. The molecule has 0 bridgehead atoms. The summed E-state index contributed by atoms with van der Waals surface area (Å²) in [6.45, 7) is 6.36. The zero-order chi connectivity index (χ0) is 17.6. The van der Waals surface area contributed by atoms with E-state index in [1.807, 2.05) is 17.0 Å². The minimum absolute atomic E-state index is 0.0259. The molecule has 5 heteroatoms. The fourth-order valence-corrected chi connectivity index (χ4v) is 4.17. The highest BCUT2D eigenvalue weighted by Crippen LogP contribution is 2.51. The summed E-state index contributed by atoms with van der Waals surface area (Å²) in [5, 5.41) is 9.67. The molecule has 25 heavy (non-hydrogen) atoms. The monoisotopic (exact) mass is 345 g/mol. The molecular formula is C20H27NO4. The van der Waals surface area contributed by atoms with Crippen LogP contribution >= 0.6 is 0 Å². The second-order valence-electron chi connectivity index (χ2n) is 8.36. The van der Waals surface area contributed by atoms with E-state index < -0.39 is 0 Å². The molecule has 1 saturated heterocycles. The smallest absolute Gasteiger partial charge is 0.226 e. The van der Waals surface area contributed by atoms with Crippen molar-refractivity contribution < 1.29 is 19.4 Å². The van der Waals surface area contributed by atoms with Crippen LogP contribution in [0, 0.1) is 11.3 Å². The molecule has 0 spiro atoms. The van der Waals surface area contributed by atoms with Crippen molar-refractivity contribution in [3.8, 4) is 11.5 Å². The van der Waals surface area contributed by atoms with Crippen molar-refractivity contribution in [2.75, 3.05) is 26.4 Å². The van der Waals surface area contributed by atoms with Gasteiger partial charge in [-0.25, -0.2) is 0 Å². The lowest BCUT2D eigenvalue weighted by atomic mass is 9.81. The van der Waals surface area contributed by atoms with Crippen LogP contribution in [0.1, 0.15) is 44.6 Å². The van der Waals surface area contributed by atoms with Crippen molar-refractivity contribution in [2.24, 2.45) is 11.3 Å². The summed E-state index contributed by atoms with van der Waals surface area (Å²) in [5.41, 5.74) is 1.28. The number of carbonyl (C=O) groups excluding carboxylic acids is 1. The minimum atomic E-state index is -0.0259. The first kappa shape index (κ1) is 16.7. The van der Waals surface area contributed by atoms with E-state index >= 15 is 0 Å². The third-order valence-corrected chi connectivity index (χ3v) is 5.79. The van der Waals surface area contributed by atoms with Gasteiger partial charge in [0.2, 0.25) is 5.91 Å². The van der Waals surface area contributed by atoms with Crippen LogP contribution in [0.4, 0.5) is 0 Å². The van der Waals surface area contributed by atoms with Crippen molar-refractivity contribution in [2.45, 2.75) is 45.1 Å². The Morgan fingerprint density at radius 2 is 2.04 bits per heavy atom. The van der Waals surface area contributed by atoms with E-state index in [0.29, 0.717) is 13.2 Å². The summed E-state index contributed by atoms with van der Waals surface area (Å²) < 4.78 is 11.2. The lowest BCUT2D eigenvalue weighted by Gasteiger charge is -2.43. The van der Waals surface area contributed by atoms with Crippen LogP contribution in [0.15, 0.2) is 18.2 Å². The number of benzene rings is 1. The number of nitrogens with zero attached hydrogens (tertiary/aromatic N) is 1. The summed E-state index contributed by atoms with van der Waals surface area (Å²) in [6.07, 6.45) is 2.82. The second kappa shape index (κ2) is 6.20. The highest BCUT2D eigenvalue weighted by molar-refractivity contribution is 5.83. The van der Waals surface area contributed by atoms with Gasteiger partial charge in [0.25, 0.3) is 0 Å². The Kier molecular flexibility index (Phi) is 4.14. The number of piperidine rings is 1. The van der Waals surface area contributed by atoms with E-state index in [2.05, 4.69) is 19.9 Å². The maximum atomic E-state index is 13.0. The van der Waals surface area contributed by atoms with Crippen LogP contribution in [-0.2, 0) is 4.79 Å².